The molecule has 1 atom stereocenters. The fraction of sp³-hybridized carbons (Fsp3) is 0.737. The molecule has 0 radical (unpaired) electrons. The first-order valence-corrected chi connectivity index (χ1v) is 9.80. The molecule has 1 aliphatic carbocycles. The highest BCUT2D eigenvalue weighted by molar-refractivity contribution is 5.80. The minimum absolute atomic E-state index is 0.108. The lowest BCUT2D eigenvalue weighted by Gasteiger charge is -2.45. The third-order valence-corrected chi connectivity index (χ3v) is 6.25. The van der Waals surface area contributed by atoms with Gasteiger partial charge >= 0.3 is 0 Å². The monoisotopic (exact) mass is 360 g/mol. The Morgan fingerprint density at radius 3 is 2.73 bits per heavy atom. The Bertz CT molecular complexity index is 672. The molecule has 1 N–H and O–H groups in total. The number of fused-ring (bicyclic) bond motifs is 2. The highest BCUT2D eigenvalue weighted by Gasteiger charge is 2.47. The molecule has 1 spiro atoms. The summed E-state index contributed by atoms with van der Waals surface area (Å²) in [6.07, 6.45) is 10.1. The summed E-state index contributed by atoms with van der Waals surface area (Å²) in [7, 11) is 1.63. The van der Waals surface area contributed by atoms with Crippen LogP contribution in [0.25, 0.3) is 0 Å². The number of ether oxygens (including phenoxy) is 1. The lowest BCUT2D eigenvalue weighted by atomic mass is 9.88. The number of hydrogen-bond acceptors (Lipinski definition) is 4. The van der Waals surface area contributed by atoms with Gasteiger partial charge in [-0.3, -0.25) is 9.59 Å². The Hall–Kier alpha value is -1.89. The molecule has 26 heavy (non-hydrogen) atoms. The van der Waals surface area contributed by atoms with Crippen LogP contribution in [0.2, 0.25) is 0 Å². The van der Waals surface area contributed by atoms with Gasteiger partial charge in [0.15, 0.2) is 6.10 Å². The van der Waals surface area contributed by atoms with Crippen molar-refractivity contribution >= 4 is 11.8 Å². The smallest absolute Gasteiger partial charge is 0.250 e. The Kier molecular flexibility index (Phi) is 4.73. The van der Waals surface area contributed by atoms with E-state index in [0.29, 0.717) is 44.8 Å². The number of likely N-dealkylation sites (N-methyl/N-ethyl adjacent to an activating group) is 1. The normalized spacial score (nSPS) is 25.3. The molecule has 142 valence electrons. The van der Waals surface area contributed by atoms with Gasteiger partial charge in [-0.25, -0.2) is 4.98 Å². The summed E-state index contributed by atoms with van der Waals surface area (Å²) in [5, 5.41) is 2.68. The van der Waals surface area contributed by atoms with E-state index in [9.17, 15) is 9.59 Å². The number of likely N-dealkylation sites (tertiary alicyclic amines) is 1. The van der Waals surface area contributed by atoms with E-state index in [-0.39, 0.29) is 11.8 Å². The number of nitrogens with zero attached hydrogens (tertiary/aromatic N) is 3. The number of rotatable bonds is 3. The van der Waals surface area contributed by atoms with Crippen molar-refractivity contribution in [2.45, 2.75) is 63.2 Å². The Balaban J connectivity index is 1.45. The first kappa shape index (κ1) is 17.5. The van der Waals surface area contributed by atoms with E-state index in [2.05, 4.69) is 10.3 Å². The van der Waals surface area contributed by atoms with Crippen LogP contribution in [0, 0.1) is 5.92 Å². The molecule has 0 bridgehead atoms. The number of amides is 2. The second-order valence-electron chi connectivity index (χ2n) is 7.85. The van der Waals surface area contributed by atoms with Crippen molar-refractivity contribution in [2.24, 2.45) is 5.92 Å². The summed E-state index contributed by atoms with van der Waals surface area (Å²) in [5.74, 6) is 1.62. The van der Waals surface area contributed by atoms with Crippen LogP contribution in [0.4, 0.5) is 0 Å². The average Bonchev–Trinajstić information content (AvgIpc) is 3.33. The first-order chi connectivity index (χ1) is 12.6. The Morgan fingerprint density at radius 2 is 2.04 bits per heavy atom. The van der Waals surface area contributed by atoms with E-state index >= 15 is 0 Å². The van der Waals surface area contributed by atoms with Gasteiger partial charge in [0.05, 0.1) is 6.54 Å². The second-order valence-corrected chi connectivity index (χ2v) is 7.85. The summed E-state index contributed by atoms with van der Waals surface area (Å²) < 4.78 is 8.31. The zero-order chi connectivity index (χ0) is 18.1. The van der Waals surface area contributed by atoms with Crippen molar-refractivity contribution in [2.75, 3.05) is 20.1 Å². The molecular formula is C19H28N4O3. The summed E-state index contributed by atoms with van der Waals surface area (Å²) in [4.78, 5) is 31.3. The van der Waals surface area contributed by atoms with Crippen molar-refractivity contribution < 1.29 is 14.3 Å². The molecule has 1 aromatic rings. The second kappa shape index (κ2) is 7.02. The van der Waals surface area contributed by atoms with Gasteiger partial charge < -0.3 is 19.5 Å². The zero-order valence-electron chi connectivity index (χ0n) is 15.4. The van der Waals surface area contributed by atoms with Crippen molar-refractivity contribution in [1.82, 2.24) is 19.8 Å². The number of hydrogen-bond donors (Lipinski definition) is 1. The lowest BCUT2D eigenvalue weighted by Crippen LogP contribution is -2.54. The summed E-state index contributed by atoms with van der Waals surface area (Å²) in [6.45, 7) is 1.82. The van der Waals surface area contributed by atoms with Gasteiger partial charge in [-0.05, 0) is 18.8 Å². The molecule has 2 aliphatic heterocycles. The lowest BCUT2D eigenvalue weighted by molar-refractivity contribution is -0.175. The molecule has 3 aliphatic rings. The minimum Gasteiger partial charge on any atom is -0.357 e. The predicted molar refractivity (Wildman–Crippen MR) is 95.2 cm³/mol. The quantitative estimate of drug-likeness (QED) is 0.885. The van der Waals surface area contributed by atoms with Crippen LogP contribution in [0.3, 0.4) is 0 Å². The van der Waals surface area contributed by atoms with Crippen molar-refractivity contribution in [3.8, 4) is 0 Å². The molecule has 4 rings (SSSR count). The maximum atomic E-state index is 12.6. The van der Waals surface area contributed by atoms with Crippen LogP contribution in [0.5, 0.6) is 0 Å². The molecule has 2 fully saturated rings. The molecule has 3 heterocycles. The van der Waals surface area contributed by atoms with Gasteiger partial charge in [-0.2, -0.15) is 0 Å². The zero-order valence-corrected chi connectivity index (χ0v) is 15.4. The summed E-state index contributed by atoms with van der Waals surface area (Å²) >= 11 is 0. The van der Waals surface area contributed by atoms with E-state index in [1.54, 1.807) is 13.2 Å². The van der Waals surface area contributed by atoms with Crippen LogP contribution in [0.1, 0.15) is 50.8 Å². The molecule has 7 nitrogen and oxygen atoms in total. The van der Waals surface area contributed by atoms with E-state index in [1.165, 1.54) is 25.7 Å². The Labute approximate surface area is 154 Å². The van der Waals surface area contributed by atoms with Crippen LogP contribution in [-0.2, 0) is 26.5 Å². The van der Waals surface area contributed by atoms with Gasteiger partial charge in [0.25, 0.3) is 5.91 Å². The standard InChI is InChI=1S/C19H28N4O3/c1-20-17(25)15-13-23-11-8-21-18(23)19(26-15)6-9-22(10-7-19)16(24)12-14-4-2-3-5-14/h8,11,14-15H,2-7,9-10,12-13H2,1H3,(H,20,25)/t15-/m1/s1. The van der Waals surface area contributed by atoms with Gasteiger partial charge in [0, 0.05) is 51.8 Å². The summed E-state index contributed by atoms with van der Waals surface area (Å²) in [6, 6.07) is 0. The van der Waals surface area contributed by atoms with Crippen LogP contribution in [-0.4, -0.2) is 52.5 Å². The fourth-order valence-corrected chi connectivity index (χ4v) is 4.74. The number of piperidine rings is 1. The van der Waals surface area contributed by atoms with Crippen LogP contribution in [0.15, 0.2) is 12.4 Å². The molecule has 7 heteroatoms. The van der Waals surface area contributed by atoms with Gasteiger partial charge in [-0.15, -0.1) is 0 Å². The highest BCUT2D eigenvalue weighted by atomic mass is 16.5. The average molecular weight is 360 g/mol. The number of carbonyl (C=O) groups excluding carboxylic acids is 2. The van der Waals surface area contributed by atoms with E-state index in [0.717, 1.165) is 5.82 Å². The van der Waals surface area contributed by atoms with E-state index < -0.39 is 11.7 Å². The first-order valence-electron chi connectivity index (χ1n) is 9.80. The van der Waals surface area contributed by atoms with E-state index in [4.69, 9.17) is 4.74 Å². The molecule has 2 amide bonds. The highest BCUT2D eigenvalue weighted by Crippen LogP contribution is 2.40. The van der Waals surface area contributed by atoms with Crippen molar-refractivity contribution in [1.29, 1.82) is 0 Å². The molecule has 1 saturated carbocycles. The van der Waals surface area contributed by atoms with Crippen LogP contribution < -0.4 is 5.32 Å². The number of carbonyl (C=O) groups is 2. The topological polar surface area (TPSA) is 76.5 Å². The number of aromatic nitrogens is 2. The van der Waals surface area contributed by atoms with E-state index in [1.807, 2.05) is 15.7 Å². The van der Waals surface area contributed by atoms with Gasteiger partial charge in [0.2, 0.25) is 5.91 Å². The van der Waals surface area contributed by atoms with Crippen molar-refractivity contribution in [3.63, 3.8) is 0 Å². The molecule has 0 aromatic carbocycles. The third kappa shape index (κ3) is 3.13. The van der Waals surface area contributed by atoms with Gasteiger partial charge in [0.1, 0.15) is 11.4 Å². The minimum atomic E-state index is -0.566. The number of imidazole rings is 1. The SMILES string of the molecule is CNC(=O)[C@H]1Cn2ccnc2C2(CCN(C(=O)CC3CCCC3)CC2)O1. The predicted octanol–water partition coefficient (Wildman–Crippen LogP) is 1.43. The summed E-state index contributed by atoms with van der Waals surface area (Å²) in [5.41, 5.74) is -0.566. The van der Waals surface area contributed by atoms with Gasteiger partial charge in [-0.1, -0.05) is 12.8 Å². The Morgan fingerprint density at radius 1 is 1.31 bits per heavy atom. The molecular weight excluding hydrogens is 332 g/mol. The fourth-order valence-electron chi connectivity index (χ4n) is 4.74. The maximum absolute atomic E-state index is 12.6. The molecule has 1 saturated heterocycles. The molecule has 0 unspecified atom stereocenters. The molecule has 1 aromatic heterocycles. The van der Waals surface area contributed by atoms with Crippen LogP contribution >= 0.6 is 0 Å². The maximum Gasteiger partial charge on any atom is 0.250 e. The number of nitrogens with one attached hydrogen (secondary N) is 1. The largest absolute Gasteiger partial charge is 0.357 e. The van der Waals surface area contributed by atoms with Crippen molar-refractivity contribution in [3.05, 3.63) is 18.2 Å². The third-order valence-electron chi connectivity index (χ3n) is 6.25.